The predicted molar refractivity (Wildman–Crippen MR) is 63.0 cm³/mol. The lowest BCUT2D eigenvalue weighted by Gasteiger charge is -2.08. The van der Waals surface area contributed by atoms with Crippen LogP contribution in [0.15, 0.2) is 60.7 Å². The summed E-state index contributed by atoms with van der Waals surface area (Å²) in [6, 6.07) is 6.00. The quantitative estimate of drug-likeness (QED) is 0.315. The summed E-state index contributed by atoms with van der Waals surface area (Å²) >= 11 is 0. The molecule has 0 bridgehead atoms. The normalized spacial score (nSPS) is 10.7. The first-order valence-corrected chi connectivity index (χ1v) is 4.67. The SMILES string of the molecule is C=C(O)/C=C(/OOc1cccc(O)c1)C(=C)N. The van der Waals surface area contributed by atoms with Crippen LogP contribution in [0.25, 0.3) is 0 Å². The number of benzene rings is 1. The molecule has 0 radical (unpaired) electrons. The Labute approximate surface area is 98.6 Å². The number of rotatable bonds is 5. The van der Waals surface area contributed by atoms with Gasteiger partial charge in [-0.15, -0.1) is 0 Å². The zero-order valence-electron chi connectivity index (χ0n) is 9.09. The maximum atomic E-state index is 9.19. The zero-order valence-corrected chi connectivity index (χ0v) is 9.09. The highest BCUT2D eigenvalue weighted by molar-refractivity contribution is 5.31. The van der Waals surface area contributed by atoms with E-state index in [1.54, 1.807) is 12.1 Å². The Kier molecular flexibility index (Phi) is 4.05. The summed E-state index contributed by atoms with van der Waals surface area (Å²) < 4.78 is 0. The zero-order chi connectivity index (χ0) is 12.8. The van der Waals surface area contributed by atoms with Crippen molar-refractivity contribution in [2.45, 2.75) is 0 Å². The molecule has 4 N–H and O–H groups in total. The van der Waals surface area contributed by atoms with E-state index in [2.05, 4.69) is 13.2 Å². The van der Waals surface area contributed by atoms with Crippen molar-refractivity contribution in [2.24, 2.45) is 5.73 Å². The molecule has 0 fully saturated rings. The Morgan fingerprint density at radius 2 is 2.06 bits per heavy atom. The van der Waals surface area contributed by atoms with Gasteiger partial charge in [0.05, 0.1) is 5.70 Å². The van der Waals surface area contributed by atoms with Gasteiger partial charge in [-0.2, -0.15) is 0 Å². The fraction of sp³-hybridized carbons (Fsp3) is 0. The summed E-state index contributed by atoms with van der Waals surface area (Å²) in [6.45, 7) is 6.69. The van der Waals surface area contributed by atoms with Crippen LogP contribution in [0, 0.1) is 0 Å². The Morgan fingerprint density at radius 1 is 1.35 bits per heavy atom. The van der Waals surface area contributed by atoms with E-state index >= 15 is 0 Å². The van der Waals surface area contributed by atoms with Gasteiger partial charge >= 0.3 is 0 Å². The number of phenols is 1. The fourth-order valence-electron chi connectivity index (χ4n) is 0.950. The van der Waals surface area contributed by atoms with Crippen molar-refractivity contribution in [3.8, 4) is 11.5 Å². The molecule has 1 aromatic carbocycles. The Bertz CT molecular complexity index is 465. The molecule has 5 nitrogen and oxygen atoms in total. The van der Waals surface area contributed by atoms with E-state index in [1.807, 2.05) is 0 Å². The highest BCUT2D eigenvalue weighted by Gasteiger charge is 2.04. The average Bonchev–Trinajstić information content (AvgIpc) is 2.23. The van der Waals surface area contributed by atoms with Crippen molar-refractivity contribution in [2.75, 3.05) is 0 Å². The molecular weight excluding hydrogens is 222 g/mol. The van der Waals surface area contributed by atoms with Gasteiger partial charge < -0.3 is 15.9 Å². The van der Waals surface area contributed by atoms with E-state index in [0.717, 1.165) is 6.08 Å². The minimum atomic E-state index is -0.244. The molecule has 0 unspecified atom stereocenters. The lowest BCUT2D eigenvalue weighted by atomic mass is 10.3. The van der Waals surface area contributed by atoms with E-state index in [0.29, 0.717) is 0 Å². The molecule has 0 aliphatic carbocycles. The summed E-state index contributed by atoms with van der Waals surface area (Å²) in [4.78, 5) is 9.75. The number of nitrogens with two attached hydrogens (primary N) is 1. The molecule has 0 heterocycles. The predicted octanol–water partition coefficient (Wildman–Crippen LogP) is 2.13. The van der Waals surface area contributed by atoms with Crippen LogP contribution >= 0.6 is 0 Å². The number of hydrogen-bond donors (Lipinski definition) is 3. The van der Waals surface area contributed by atoms with Crippen molar-refractivity contribution >= 4 is 0 Å². The first kappa shape index (κ1) is 12.5. The molecular formula is C12H13NO4. The highest BCUT2D eigenvalue weighted by Crippen LogP contribution is 2.19. The molecule has 0 aliphatic rings. The molecule has 1 aromatic rings. The van der Waals surface area contributed by atoms with Crippen LogP contribution in [0.2, 0.25) is 0 Å². The molecule has 5 heteroatoms. The number of allylic oxidation sites excluding steroid dienone is 1. The van der Waals surface area contributed by atoms with Crippen LogP contribution in [0.1, 0.15) is 0 Å². The van der Waals surface area contributed by atoms with Crippen molar-refractivity contribution < 1.29 is 20.0 Å². The van der Waals surface area contributed by atoms with Crippen LogP contribution in [0.5, 0.6) is 11.5 Å². The van der Waals surface area contributed by atoms with Crippen molar-refractivity contribution in [3.05, 3.63) is 60.7 Å². The summed E-state index contributed by atoms with van der Waals surface area (Å²) in [6.07, 6.45) is 1.16. The van der Waals surface area contributed by atoms with Crippen LogP contribution in [0.4, 0.5) is 0 Å². The molecule has 0 amide bonds. The van der Waals surface area contributed by atoms with Gasteiger partial charge in [0.2, 0.25) is 5.76 Å². The van der Waals surface area contributed by atoms with E-state index in [-0.39, 0.29) is 28.7 Å². The Balaban J connectivity index is 2.71. The van der Waals surface area contributed by atoms with Gasteiger partial charge in [0, 0.05) is 12.1 Å². The van der Waals surface area contributed by atoms with Crippen molar-refractivity contribution in [1.82, 2.24) is 0 Å². The Hall–Kier alpha value is -2.56. The minimum Gasteiger partial charge on any atom is -0.508 e. The second-order valence-corrected chi connectivity index (χ2v) is 3.19. The number of aliphatic hydroxyl groups is 1. The molecule has 17 heavy (non-hydrogen) atoms. The maximum absolute atomic E-state index is 9.19. The Morgan fingerprint density at radius 3 is 2.59 bits per heavy atom. The maximum Gasteiger partial charge on any atom is 0.204 e. The third-order valence-electron chi connectivity index (χ3n) is 1.66. The van der Waals surface area contributed by atoms with Crippen LogP contribution in [0.3, 0.4) is 0 Å². The van der Waals surface area contributed by atoms with E-state index in [1.165, 1.54) is 12.1 Å². The fourth-order valence-corrected chi connectivity index (χ4v) is 0.950. The second-order valence-electron chi connectivity index (χ2n) is 3.19. The first-order valence-electron chi connectivity index (χ1n) is 4.67. The van der Waals surface area contributed by atoms with Gasteiger partial charge in [0.1, 0.15) is 11.5 Å². The lowest BCUT2D eigenvalue weighted by Crippen LogP contribution is -2.06. The second kappa shape index (κ2) is 5.50. The first-order chi connectivity index (χ1) is 7.99. The van der Waals surface area contributed by atoms with Gasteiger partial charge in [0.15, 0.2) is 5.75 Å². The largest absolute Gasteiger partial charge is 0.508 e. The number of phenolic OH excluding ortho intramolecular Hbond substituents is 1. The smallest absolute Gasteiger partial charge is 0.204 e. The van der Waals surface area contributed by atoms with Crippen molar-refractivity contribution in [3.63, 3.8) is 0 Å². The topological polar surface area (TPSA) is 84.9 Å². The lowest BCUT2D eigenvalue weighted by molar-refractivity contribution is -0.163. The van der Waals surface area contributed by atoms with Gasteiger partial charge in [0.25, 0.3) is 0 Å². The van der Waals surface area contributed by atoms with Gasteiger partial charge in [-0.05, 0) is 12.1 Å². The summed E-state index contributed by atoms with van der Waals surface area (Å²) in [7, 11) is 0. The van der Waals surface area contributed by atoms with Crippen LogP contribution in [-0.2, 0) is 4.89 Å². The molecule has 90 valence electrons. The van der Waals surface area contributed by atoms with E-state index in [4.69, 9.17) is 20.6 Å². The molecule has 0 aliphatic heterocycles. The molecule has 0 spiro atoms. The highest BCUT2D eigenvalue weighted by atomic mass is 17.2. The van der Waals surface area contributed by atoms with Crippen LogP contribution in [-0.4, -0.2) is 10.2 Å². The van der Waals surface area contributed by atoms with Gasteiger partial charge in [-0.1, -0.05) is 19.2 Å². The third kappa shape index (κ3) is 4.21. The summed E-state index contributed by atoms with van der Waals surface area (Å²) in [5, 5.41) is 18.2. The van der Waals surface area contributed by atoms with E-state index < -0.39 is 0 Å². The average molecular weight is 235 g/mol. The number of aliphatic hydroxyl groups excluding tert-OH is 1. The molecule has 0 saturated carbocycles. The molecule has 1 rings (SSSR count). The van der Waals surface area contributed by atoms with E-state index in [9.17, 15) is 5.11 Å². The number of hydrogen-bond acceptors (Lipinski definition) is 5. The summed E-state index contributed by atoms with van der Waals surface area (Å²) in [5.74, 6) is 0.0995. The molecule has 0 aromatic heterocycles. The summed E-state index contributed by atoms with van der Waals surface area (Å²) in [5.41, 5.74) is 5.48. The molecule has 0 saturated heterocycles. The van der Waals surface area contributed by atoms with Gasteiger partial charge in [-0.3, -0.25) is 9.78 Å². The van der Waals surface area contributed by atoms with Crippen LogP contribution < -0.4 is 10.6 Å². The van der Waals surface area contributed by atoms with Crippen molar-refractivity contribution in [1.29, 1.82) is 0 Å². The third-order valence-corrected chi connectivity index (χ3v) is 1.66. The standard InChI is InChI=1S/C12H13NO4/c1-8(14)6-12(9(2)13)17-16-11-5-3-4-10(15)7-11/h3-7,14-15H,1-2,13H2/b12-6+. The van der Waals surface area contributed by atoms with Gasteiger partial charge in [-0.25, -0.2) is 0 Å². The minimum absolute atomic E-state index is 0.0286. The molecule has 0 atom stereocenters. The number of aromatic hydroxyl groups is 1. The monoisotopic (exact) mass is 235 g/mol.